The zero-order valence-electron chi connectivity index (χ0n) is 19.7. The predicted octanol–water partition coefficient (Wildman–Crippen LogP) is 8.69. The minimum atomic E-state index is -4.80. The van der Waals surface area contributed by atoms with Gasteiger partial charge in [0.1, 0.15) is 23.8 Å². The Morgan fingerprint density at radius 2 is 1.58 bits per heavy atom. The lowest BCUT2D eigenvalue weighted by atomic mass is 9.94. The summed E-state index contributed by atoms with van der Waals surface area (Å²) in [6.45, 7) is 1.52. The van der Waals surface area contributed by atoms with Crippen molar-refractivity contribution in [2.75, 3.05) is 0 Å². The molecule has 0 spiro atoms. The molecule has 3 aromatic carbocycles. The van der Waals surface area contributed by atoms with Crippen molar-refractivity contribution in [3.05, 3.63) is 87.0 Å². The monoisotopic (exact) mass is 574 g/mol. The number of aryl methyl sites for hydroxylation is 2. The summed E-state index contributed by atoms with van der Waals surface area (Å²) < 4.78 is 87.5. The number of aromatic hydroxyl groups is 1. The average Bonchev–Trinajstić information content (AvgIpc) is 3.22. The van der Waals surface area contributed by atoms with Gasteiger partial charge in [0.25, 0.3) is 0 Å². The van der Waals surface area contributed by atoms with Crippen molar-refractivity contribution in [1.82, 2.24) is 9.78 Å². The Kier molecular flexibility index (Phi) is 7.33. The van der Waals surface area contributed by atoms with Crippen molar-refractivity contribution in [2.45, 2.75) is 25.9 Å². The van der Waals surface area contributed by atoms with E-state index in [1.165, 1.54) is 12.1 Å². The van der Waals surface area contributed by atoms with Crippen LogP contribution in [0, 0.1) is 6.92 Å². The first kappa shape index (κ1) is 27.7. The molecule has 0 bridgehead atoms. The number of phenolic OH excluding ortho intramolecular Hbond substituents is 1. The van der Waals surface area contributed by atoms with E-state index in [1.54, 1.807) is 31.2 Å². The first-order valence-corrected chi connectivity index (χ1v) is 11.6. The molecule has 38 heavy (non-hydrogen) atoms. The largest absolute Gasteiger partial charge is 0.506 e. The van der Waals surface area contributed by atoms with Crippen molar-refractivity contribution >= 4 is 23.2 Å². The summed E-state index contributed by atoms with van der Waals surface area (Å²) in [6.07, 6.45) is -9.52. The van der Waals surface area contributed by atoms with Crippen molar-refractivity contribution in [1.29, 1.82) is 0 Å². The first-order valence-electron chi connectivity index (χ1n) is 10.9. The van der Waals surface area contributed by atoms with Gasteiger partial charge in [0.2, 0.25) is 0 Å². The number of benzene rings is 3. The van der Waals surface area contributed by atoms with Gasteiger partial charge < -0.3 is 9.84 Å². The fraction of sp³-hybridized carbons (Fsp3) is 0.192. The first-order chi connectivity index (χ1) is 17.7. The molecule has 4 aromatic rings. The van der Waals surface area contributed by atoms with Gasteiger partial charge in [0.05, 0.1) is 21.8 Å². The number of nitrogens with zero attached hydrogens (tertiary/aromatic N) is 2. The zero-order chi connectivity index (χ0) is 28.0. The lowest BCUT2D eigenvalue weighted by Gasteiger charge is -2.19. The maximum absolute atomic E-state index is 13.6. The van der Waals surface area contributed by atoms with Crippen LogP contribution < -0.4 is 4.74 Å². The highest BCUT2D eigenvalue weighted by atomic mass is 35.5. The normalized spacial score (nSPS) is 12.2. The number of rotatable bonds is 5. The molecule has 0 aliphatic heterocycles. The van der Waals surface area contributed by atoms with Gasteiger partial charge in [-0.3, -0.25) is 4.68 Å². The number of aromatic nitrogens is 2. The summed E-state index contributed by atoms with van der Waals surface area (Å²) in [5, 5.41) is 15.1. The van der Waals surface area contributed by atoms with Crippen LogP contribution in [-0.4, -0.2) is 14.9 Å². The second kappa shape index (κ2) is 10.1. The minimum Gasteiger partial charge on any atom is -0.506 e. The molecule has 1 aromatic heterocycles. The molecular formula is C26H18Cl2F6N2O2. The lowest BCUT2D eigenvalue weighted by Crippen LogP contribution is -2.11. The van der Waals surface area contributed by atoms with Crippen LogP contribution in [0.1, 0.15) is 22.4 Å². The van der Waals surface area contributed by atoms with Gasteiger partial charge in [-0.2, -0.15) is 31.4 Å². The van der Waals surface area contributed by atoms with Crippen molar-refractivity contribution in [2.24, 2.45) is 7.05 Å². The number of hydrogen-bond donors (Lipinski definition) is 1. The Morgan fingerprint density at radius 1 is 0.921 bits per heavy atom. The molecule has 0 atom stereocenters. The SMILES string of the molecule is Cc1cc(-c2cc(C(F)(F)F)n(C)n2)c(O)c(-c2ccc(Cl)c(C(F)(F)F)c2)c1OCc1ccc(Cl)cc1. The summed E-state index contributed by atoms with van der Waals surface area (Å²) in [5.74, 6) is -0.576. The van der Waals surface area contributed by atoms with E-state index in [0.717, 1.165) is 25.2 Å². The molecule has 1 heterocycles. The fourth-order valence-electron chi connectivity index (χ4n) is 3.94. The van der Waals surface area contributed by atoms with E-state index < -0.39 is 34.4 Å². The van der Waals surface area contributed by atoms with Gasteiger partial charge in [-0.15, -0.1) is 0 Å². The Bertz CT molecular complexity index is 1500. The molecular weight excluding hydrogens is 557 g/mol. The third-order valence-corrected chi connectivity index (χ3v) is 6.32. The van der Waals surface area contributed by atoms with Crippen LogP contribution in [0.4, 0.5) is 26.3 Å². The Morgan fingerprint density at radius 3 is 2.16 bits per heavy atom. The molecule has 0 unspecified atom stereocenters. The summed E-state index contributed by atoms with van der Waals surface area (Å²) in [4.78, 5) is 0. The number of phenols is 1. The summed E-state index contributed by atoms with van der Waals surface area (Å²) in [6, 6.07) is 11.7. The quantitative estimate of drug-likeness (QED) is 0.242. The molecule has 12 heteroatoms. The van der Waals surface area contributed by atoms with Crippen molar-refractivity contribution in [3.8, 4) is 33.9 Å². The number of hydrogen-bond acceptors (Lipinski definition) is 3. The Balaban J connectivity index is 1.92. The molecule has 0 saturated heterocycles. The predicted molar refractivity (Wildman–Crippen MR) is 131 cm³/mol. The summed E-state index contributed by atoms with van der Waals surface area (Å²) in [7, 11) is 1.09. The molecule has 0 radical (unpaired) electrons. The van der Waals surface area contributed by atoms with E-state index in [1.807, 2.05) is 0 Å². The highest BCUT2D eigenvalue weighted by Gasteiger charge is 2.36. The number of alkyl halides is 6. The van der Waals surface area contributed by atoms with Crippen LogP contribution in [0.3, 0.4) is 0 Å². The smallest absolute Gasteiger partial charge is 0.433 e. The van der Waals surface area contributed by atoms with Gasteiger partial charge in [0, 0.05) is 17.6 Å². The van der Waals surface area contributed by atoms with Crippen LogP contribution in [0.25, 0.3) is 22.4 Å². The molecule has 0 aliphatic carbocycles. The van der Waals surface area contributed by atoms with E-state index in [4.69, 9.17) is 27.9 Å². The molecule has 1 N–H and O–H groups in total. The van der Waals surface area contributed by atoms with Crippen molar-refractivity contribution in [3.63, 3.8) is 0 Å². The minimum absolute atomic E-state index is 0.0311. The van der Waals surface area contributed by atoms with Gasteiger partial charge in [-0.1, -0.05) is 41.4 Å². The van der Waals surface area contributed by atoms with E-state index in [9.17, 15) is 31.4 Å². The van der Waals surface area contributed by atoms with Gasteiger partial charge in [-0.25, -0.2) is 0 Å². The Hall–Kier alpha value is -3.37. The maximum atomic E-state index is 13.6. The van der Waals surface area contributed by atoms with Gasteiger partial charge in [-0.05, 0) is 60.0 Å². The van der Waals surface area contributed by atoms with Crippen LogP contribution in [0.2, 0.25) is 10.0 Å². The fourth-order valence-corrected chi connectivity index (χ4v) is 4.29. The zero-order valence-corrected chi connectivity index (χ0v) is 21.2. The standard InChI is InChI=1S/C26H18Cl2F6N2O2/c1-13-9-17(20-11-21(26(32,33)34)36(2)35-20)23(37)22(15-5-8-19(28)18(10-15)25(29,30)31)24(13)38-12-14-3-6-16(27)7-4-14/h3-11,37H,12H2,1-2H3. The van der Waals surface area contributed by atoms with E-state index in [-0.39, 0.29) is 34.7 Å². The van der Waals surface area contributed by atoms with E-state index >= 15 is 0 Å². The molecule has 0 fully saturated rings. The van der Waals surface area contributed by atoms with Crippen LogP contribution in [0.15, 0.2) is 54.6 Å². The van der Waals surface area contributed by atoms with Crippen LogP contribution >= 0.6 is 23.2 Å². The van der Waals surface area contributed by atoms with Gasteiger partial charge >= 0.3 is 12.4 Å². The lowest BCUT2D eigenvalue weighted by molar-refractivity contribution is -0.143. The van der Waals surface area contributed by atoms with Gasteiger partial charge in [0.15, 0.2) is 0 Å². The number of ether oxygens (including phenoxy) is 1. The van der Waals surface area contributed by atoms with Crippen LogP contribution in [0.5, 0.6) is 11.5 Å². The molecule has 0 aliphatic rings. The third kappa shape index (κ3) is 5.56. The number of halogens is 8. The van der Waals surface area contributed by atoms with Crippen LogP contribution in [-0.2, 0) is 26.0 Å². The summed E-state index contributed by atoms with van der Waals surface area (Å²) in [5.41, 5.74) is -1.82. The molecule has 200 valence electrons. The van der Waals surface area contributed by atoms with Crippen molar-refractivity contribution < 1.29 is 36.2 Å². The second-order valence-electron chi connectivity index (χ2n) is 8.44. The van der Waals surface area contributed by atoms with E-state index in [0.29, 0.717) is 20.8 Å². The highest BCUT2D eigenvalue weighted by molar-refractivity contribution is 6.31. The molecule has 4 nitrogen and oxygen atoms in total. The molecule has 0 amide bonds. The van der Waals surface area contributed by atoms with E-state index in [2.05, 4.69) is 5.10 Å². The second-order valence-corrected chi connectivity index (χ2v) is 9.28. The molecule has 4 rings (SSSR count). The summed E-state index contributed by atoms with van der Waals surface area (Å²) >= 11 is 11.7. The Labute approximate surface area is 223 Å². The topological polar surface area (TPSA) is 47.3 Å². The highest BCUT2D eigenvalue weighted by Crippen LogP contribution is 2.48. The molecule has 0 saturated carbocycles. The maximum Gasteiger partial charge on any atom is 0.433 e. The third-order valence-electron chi connectivity index (χ3n) is 5.74. The average molecular weight is 575 g/mol.